The van der Waals surface area contributed by atoms with Crippen molar-refractivity contribution >= 4 is 5.97 Å². The SMILES string of the molecule is CC1(C)OCC2(CC34CCC5C(C)(C(=O)O)CCCC5(C)C3CCC2C4)O1. The number of carboxylic acids is 1. The quantitative estimate of drug-likeness (QED) is 0.699. The fourth-order valence-corrected chi connectivity index (χ4v) is 8.99. The van der Waals surface area contributed by atoms with Crippen LogP contribution in [-0.2, 0) is 14.3 Å². The van der Waals surface area contributed by atoms with Crippen molar-refractivity contribution in [1.82, 2.24) is 0 Å². The highest BCUT2D eigenvalue weighted by Crippen LogP contribution is 2.74. The third-order valence-corrected chi connectivity index (χ3v) is 9.90. The Morgan fingerprint density at radius 3 is 2.44 bits per heavy atom. The molecule has 152 valence electrons. The van der Waals surface area contributed by atoms with Crippen LogP contribution in [0.25, 0.3) is 0 Å². The summed E-state index contributed by atoms with van der Waals surface area (Å²) in [6.45, 7) is 9.33. The highest BCUT2D eigenvalue weighted by Gasteiger charge is 2.70. The average Bonchev–Trinajstić information content (AvgIpc) is 3.00. The molecule has 4 nitrogen and oxygen atoms in total. The third kappa shape index (κ3) is 2.26. The van der Waals surface area contributed by atoms with E-state index < -0.39 is 17.2 Å². The molecule has 5 rings (SSSR count). The van der Waals surface area contributed by atoms with Crippen molar-refractivity contribution in [2.45, 2.75) is 96.9 Å². The molecule has 27 heavy (non-hydrogen) atoms. The van der Waals surface area contributed by atoms with E-state index >= 15 is 0 Å². The van der Waals surface area contributed by atoms with Gasteiger partial charge in [0.2, 0.25) is 0 Å². The van der Waals surface area contributed by atoms with E-state index in [0.717, 1.165) is 32.3 Å². The smallest absolute Gasteiger partial charge is 0.309 e. The van der Waals surface area contributed by atoms with E-state index in [4.69, 9.17) is 9.47 Å². The molecule has 4 aliphatic carbocycles. The van der Waals surface area contributed by atoms with E-state index in [1.165, 1.54) is 32.1 Å². The first-order valence-electron chi connectivity index (χ1n) is 11.1. The minimum atomic E-state index is -0.569. The predicted octanol–water partition coefficient (Wildman–Crippen LogP) is 5.01. The van der Waals surface area contributed by atoms with Crippen molar-refractivity contribution in [3.63, 3.8) is 0 Å². The Morgan fingerprint density at radius 2 is 1.78 bits per heavy atom. The minimum Gasteiger partial charge on any atom is -0.481 e. The van der Waals surface area contributed by atoms with Gasteiger partial charge in [0.1, 0.15) is 0 Å². The number of hydrogen-bond acceptors (Lipinski definition) is 3. The van der Waals surface area contributed by atoms with Crippen molar-refractivity contribution in [2.75, 3.05) is 6.61 Å². The van der Waals surface area contributed by atoms with Crippen LogP contribution in [-0.4, -0.2) is 29.1 Å². The van der Waals surface area contributed by atoms with Gasteiger partial charge in [0.15, 0.2) is 5.79 Å². The maximum absolute atomic E-state index is 12.2. The Kier molecular flexibility index (Phi) is 3.61. The lowest BCUT2D eigenvalue weighted by Crippen LogP contribution is -2.58. The van der Waals surface area contributed by atoms with Crippen LogP contribution < -0.4 is 0 Å². The van der Waals surface area contributed by atoms with Gasteiger partial charge in [-0.1, -0.05) is 13.3 Å². The standard InChI is InChI=1S/C23H36O4/c1-19(2)26-14-23(27-19)13-22-11-8-16-20(3,17(22)7-6-15(23)12-22)9-5-10-21(16,4)18(24)25/h15-17H,5-14H2,1-4H3,(H,24,25). The molecular weight excluding hydrogens is 340 g/mol. The van der Waals surface area contributed by atoms with Crippen molar-refractivity contribution in [3.05, 3.63) is 0 Å². The van der Waals surface area contributed by atoms with Gasteiger partial charge in [-0.2, -0.15) is 0 Å². The summed E-state index contributed by atoms with van der Waals surface area (Å²) in [6, 6.07) is 0. The lowest BCUT2D eigenvalue weighted by Gasteiger charge is -2.63. The molecule has 5 fully saturated rings. The molecule has 5 aliphatic rings. The Balaban J connectivity index is 1.50. The lowest BCUT2D eigenvalue weighted by atomic mass is 9.41. The zero-order chi connectivity index (χ0) is 19.3. The van der Waals surface area contributed by atoms with Gasteiger partial charge in [0, 0.05) is 0 Å². The van der Waals surface area contributed by atoms with Gasteiger partial charge in [0.05, 0.1) is 17.6 Å². The van der Waals surface area contributed by atoms with E-state index in [1.54, 1.807) is 0 Å². The summed E-state index contributed by atoms with van der Waals surface area (Å²) in [5.74, 6) is 0.547. The van der Waals surface area contributed by atoms with E-state index in [-0.39, 0.29) is 11.0 Å². The Labute approximate surface area is 163 Å². The van der Waals surface area contributed by atoms with Gasteiger partial charge in [-0.3, -0.25) is 4.79 Å². The number of rotatable bonds is 1. The predicted molar refractivity (Wildman–Crippen MR) is 102 cm³/mol. The van der Waals surface area contributed by atoms with Crippen molar-refractivity contribution < 1.29 is 19.4 Å². The van der Waals surface area contributed by atoms with Crippen molar-refractivity contribution in [2.24, 2.45) is 34.0 Å². The third-order valence-electron chi connectivity index (χ3n) is 9.90. The number of aliphatic carboxylic acids is 1. The van der Waals surface area contributed by atoms with Crippen molar-refractivity contribution in [3.8, 4) is 0 Å². The monoisotopic (exact) mass is 376 g/mol. The molecule has 1 aliphatic heterocycles. The Morgan fingerprint density at radius 1 is 1.00 bits per heavy atom. The molecule has 0 amide bonds. The summed E-state index contributed by atoms with van der Waals surface area (Å²) >= 11 is 0. The Bertz CT molecular complexity index is 673. The summed E-state index contributed by atoms with van der Waals surface area (Å²) < 4.78 is 12.6. The maximum atomic E-state index is 12.2. The molecule has 0 radical (unpaired) electrons. The largest absolute Gasteiger partial charge is 0.481 e. The zero-order valence-electron chi connectivity index (χ0n) is 17.5. The molecule has 0 aromatic heterocycles. The molecule has 2 bridgehead atoms. The summed E-state index contributed by atoms with van der Waals surface area (Å²) in [5, 5.41) is 10.1. The maximum Gasteiger partial charge on any atom is 0.309 e. The van der Waals surface area contributed by atoms with E-state index in [1.807, 2.05) is 6.92 Å². The molecule has 4 saturated carbocycles. The van der Waals surface area contributed by atoms with E-state index in [0.29, 0.717) is 23.2 Å². The summed E-state index contributed by atoms with van der Waals surface area (Å²) in [5.41, 5.74) is -0.132. The van der Waals surface area contributed by atoms with E-state index in [9.17, 15) is 9.90 Å². The second kappa shape index (κ2) is 5.30. The second-order valence-corrected chi connectivity index (χ2v) is 11.6. The highest BCUT2D eigenvalue weighted by atomic mass is 16.8. The van der Waals surface area contributed by atoms with Gasteiger partial charge >= 0.3 is 5.97 Å². The van der Waals surface area contributed by atoms with Crippen LogP contribution in [0.2, 0.25) is 0 Å². The summed E-state index contributed by atoms with van der Waals surface area (Å²) in [6.07, 6.45) is 10.2. The van der Waals surface area contributed by atoms with Gasteiger partial charge in [-0.15, -0.1) is 0 Å². The van der Waals surface area contributed by atoms with E-state index in [2.05, 4.69) is 20.8 Å². The fraction of sp³-hybridized carbons (Fsp3) is 0.957. The first-order valence-corrected chi connectivity index (χ1v) is 11.1. The summed E-state index contributed by atoms with van der Waals surface area (Å²) in [7, 11) is 0. The first kappa shape index (κ1) is 18.4. The van der Waals surface area contributed by atoms with Crippen molar-refractivity contribution in [1.29, 1.82) is 0 Å². The van der Waals surface area contributed by atoms with Gasteiger partial charge in [-0.05, 0) is 101 Å². The molecule has 1 heterocycles. The molecule has 7 unspecified atom stereocenters. The van der Waals surface area contributed by atoms with Crippen LogP contribution >= 0.6 is 0 Å². The highest BCUT2D eigenvalue weighted by molar-refractivity contribution is 5.75. The minimum absolute atomic E-state index is 0.0911. The number of carboxylic acid groups (broad SMARTS) is 1. The normalized spacial score (nSPS) is 55.9. The van der Waals surface area contributed by atoms with Gasteiger partial charge in [0.25, 0.3) is 0 Å². The van der Waals surface area contributed by atoms with Crippen LogP contribution in [0.3, 0.4) is 0 Å². The number of fused-ring (bicyclic) bond motifs is 4. The van der Waals surface area contributed by atoms with Gasteiger partial charge < -0.3 is 14.6 Å². The Hall–Kier alpha value is -0.610. The molecule has 0 aromatic rings. The van der Waals surface area contributed by atoms with Crippen LogP contribution in [0.1, 0.15) is 85.5 Å². The van der Waals surface area contributed by atoms with Crippen LogP contribution in [0.15, 0.2) is 0 Å². The zero-order valence-corrected chi connectivity index (χ0v) is 17.5. The van der Waals surface area contributed by atoms with Crippen LogP contribution in [0.4, 0.5) is 0 Å². The number of carbonyl (C=O) groups is 1. The molecule has 1 N–H and O–H groups in total. The van der Waals surface area contributed by atoms with Crippen LogP contribution in [0.5, 0.6) is 0 Å². The average molecular weight is 377 g/mol. The topological polar surface area (TPSA) is 55.8 Å². The molecular formula is C23H36O4. The summed E-state index contributed by atoms with van der Waals surface area (Å²) in [4.78, 5) is 12.2. The molecule has 4 heteroatoms. The lowest BCUT2D eigenvalue weighted by molar-refractivity contribution is -0.182. The van der Waals surface area contributed by atoms with Crippen LogP contribution in [0, 0.1) is 34.0 Å². The fourth-order valence-electron chi connectivity index (χ4n) is 8.99. The number of hydrogen-bond donors (Lipinski definition) is 1. The second-order valence-electron chi connectivity index (χ2n) is 11.6. The first-order chi connectivity index (χ1) is 12.6. The van der Waals surface area contributed by atoms with Gasteiger partial charge in [-0.25, -0.2) is 0 Å². The molecule has 7 atom stereocenters. The molecule has 0 aromatic carbocycles. The number of ether oxygens (including phenoxy) is 2. The molecule has 1 saturated heterocycles. The molecule has 2 spiro atoms.